The molecule has 0 bridgehead atoms. The van der Waals surface area contributed by atoms with E-state index in [9.17, 15) is 9.59 Å². The molecule has 0 aromatic heterocycles. The van der Waals surface area contributed by atoms with Crippen LogP contribution in [0.3, 0.4) is 0 Å². The molecule has 176 valence electrons. The first-order chi connectivity index (χ1) is 16.0. The average Bonchev–Trinajstić information content (AvgIpc) is 3.39. The molecule has 6 heteroatoms. The van der Waals surface area contributed by atoms with Gasteiger partial charge in [0.2, 0.25) is 5.91 Å². The van der Waals surface area contributed by atoms with Gasteiger partial charge in [-0.2, -0.15) is 0 Å². The van der Waals surface area contributed by atoms with Crippen LogP contribution in [0.15, 0.2) is 55.1 Å². The smallest absolute Gasteiger partial charge is 0.332 e. The van der Waals surface area contributed by atoms with Crippen molar-refractivity contribution in [1.29, 1.82) is 0 Å². The van der Waals surface area contributed by atoms with Gasteiger partial charge in [0.1, 0.15) is 12.1 Å². The minimum absolute atomic E-state index is 0.0375. The molecule has 2 fully saturated rings. The van der Waals surface area contributed by atoms with Crippen LogP contribution >= 0.6 is 0 Å². The Bertz CT molecular complexity index is 1020. The maximum absolute atomic E-state index is 13.3. The lowest BCUT2D eigenvalue weighted by Crippen LogP contribution is -2.52. The van der Waals surface area contributed by atoms with Crippen molar-refractivity contribution in [2.45, 2.75) is 57.4 Å². The summed E-state index contributed by atoms with van der Waals surface area (Å²) in [6.45, 7) is 9.79. The number of ether oxygens (including phenoxy) is 2. The summed E-state index contributed by atoms with van der Waals surface area (Å²) in [6.07, 6.45) is 3.57. The van der Waals surface area contributed by atoms with Crippen LogP contribution in [0.4, 0.5) is 0 Å². The lowest BCUT2D eigenvalue weighted by molar-refractivity contribution is -0.149. The van der Waals surface area contributed by atoms with Crippen LogP contribution < -0.4 is 5.32 Å². The maximum atomic E-state index is 13.3. The number of amides is 1. The first-order valence-electron chi connectivity index (χ1n) is 11.9. The minimum atomic E-state index is -0.893. The molecular weight excluding hydrogens is 416 g/mol. The number of nitrogens with one attached hydrogen (secondary N) is 1. The number of carbonyl (C=O) groups is 2. The summed E-state index contributed by atoms with van der Waals surface area (Å²) >= 11 is 0. The molecule has 0 spiro atoms. The Morgan fingerprint density at radius 3 is 2.73 bits per heavy atom. The van der Waals surface area contributed by atoms with Crippen LogP contribution in [0.5, 0.6) is 0 Å². The summed E-state index contributed by atoms with van der Waals surface area (Å²) in [5.41, 5.74) is 0.257. The highest BCUT2D eigenvalue weighted by molar-refractivity contribution is 5.93. The van der Waals surface area contributed by atoms with Gasteiger partial charge in [0.25, 0.3) is 0 Å². The van der Waals surface area contributed by atoms with Crippen LogP contribution in [-0.4, -0.2) is 54.2 Å². The zero-order valence-corrected chi connectivity index (χ0v) is 19.6. The first-order valence-corrected chi connectivity index (χ1v) is 11.9. The number of fused-ring (bicyclic) bond motifs is 1. The fraction of sp³-hybridized carbons (Fsp3) is 0.481. The van der Waals surface area contributed by atoms with Gasteiger partial charge in [0.05, 0.1) is 18.8 Å². The third kappa shape index (κ3) is 4.82. The standard InChI is InChI=1S/C27H34N2O4/c1-4-14-32-26(31)27(16-21(27)5-2)28-25(30)24-15-22(17-29(24)6-3)33-18-20-12-9-11-19-10-7-8-13-23(19)20/h4,7-13,21-22,24H,1,5-6,14-18H2,2-3H3,(H,28,30)/t21?,22-,24+,27-/m1/s1. The molecule has 1 aliphatic carbocycles. The maximum Gasteiger partial charge on any atom is 0.332 e. The fourth-order valence-corrected chi connectivity index (χ4v) is 5.07. The third-order valence-electron chi connectivity index (χ3n) is 7.07. The van der Waals surface area contributed by atoms with Crippen LogP contribution in [0.25, 0.3) is 10.8 Å². The number of likely N-dealkylation sites (tertiary alicyclic amines) is 1. The van der Waals surface area contributed by atoms with Gasteiger partial charge in [-0.05, 0) is 41.6 Å². The molecule has 1 N–H and O–H groups in total. The van der Waals surface area contributed by atoms with Crippen molar-refractivity contribution in [3.05, 3.63) is 60.7 Å². The molecular formula is C27H34N2O4. The van der Waals surface area contributed by atoms with E-state index in [0.29, 0.717) is 26.0 Å². The first kappa shape index (κ1) is 23.5. The molecule has 0 radical (unpaired) electrons. The molecule has 1 saturated carbocycles. The largest absolute Gasteiger partial charge is 0.460 e. The highest BCUT2D eigenvalue weighted by Gasteiger charge is 2.62. The molecule has 1 amide bonds. The fourth-order valence-electron chi connectivity index (χ4n) is 5.07. The quantitative estimate of drug-likeness (QED) is 0.440. The van der Waals surface area contributed by atoms with Gasteiger partial charge >= 0.3 is 5.97 Å². The second-order valence-corrected chi connectivity index (χ2v) is 9.07. The van der Waals surface area contributed by atoms with E-state index in [1.807, 2.05) is 26.0 Å². The number of benzene rings is 2. The SMILES string of the molecule is C=CCOC(=O)[C@@]1(NC(=O)[C@@H]2C[C@@H](OCc3cccc4ccccc34)CN2CC)CC1CC. The number of hydrogen-bond donors (Lipinski definition) is 1. The molecule has 2 aromatic carbocycles. The highest BCUT2D eigenvalue weighted by Crippen LogP contribution is 2.47. The number of carbonyl (C=O) groups excluding carboxylic acids is 2. The van der Waals surface area contributed by atoms with E-state index in [1.54, 1.807) is 6.08 Å². The average molecular weight is 451 g/mol. The second-order valence-electron chi connectivity index (χ2n) is 9.07. The molecule has 33 heavy (non-hydrogen) atoms. The Kier molecular flexibility index (Phi) is 7.15. The molecule has 1 unspecified atom stereocenters. The minimum Gasteiger partial charge on any atom is -0.460 e. The van der Waals surface area contributed by atoms with Crippen LogP contribution in [0.1, 0.15) is 38.7 Å². The second kappa shape index (κ2) is 10.1. The van der Waals surface area contributed by atoms with E-state index in [-0.39, 0.29) is 36.5 Å². The Hall–Kier alpha value is -2.70. The van der Waals surface area contributed by atoms with Crippen molar-refractivity contribution in [2.75, 3.05) is 19.7 Å². The number of hydrogen-bond acceptors (Lipinski definition) is 5. The van der Waals surface area contributed by atoms with E-state index in [2.05, 4.69) is 47.1 Å². The highest BCUT2D eigenvalue weighted by atomic mass is 16.5. The van der Waals surface area contributed by atoms with Crippen molar-refractivity contribution in [1.82, 2.24) is 10.2 Å². The number of likely N-dealkylation sites (N-methyl/N-ethyl adjacent to an activating group) is 1. The molecule has 4 rings (SSSR count). The Balaban J connectivity index is 1.39. The molecule has 1 heterocycles. The Morgan fingerprint density at radius 1 is 1.21 bits per heavy atom. The molecule has 2 aliphatic rings. The summed E-state index contributed by atoms with van der Waals surface area (Å²) in [7, 11) is 0. The number of esters is 1. The van der Waals surface area contributed by atoms with Gasteiger partial charge in [-0.1, -0.05) is 75.4 Å². The van der Waals surface area contributed by atoms with E-state index in [4.69, 9.17) is 9.47 Å². The zero-order valence-electron chi connectivity index (χ0n) is 19.6. The zero-order chi connectivity index (χ0) is 23.4. The van der Waals surface area contributed by atoms with Crippen molar-refractivity contribution < 1.29 is 19.1 Å². The third-order valence-corrected chi connectivity index (χ3v) is 7.07. The van der Waals surface area contributed by atoms with Gasteiger partial charge in [-0.3, -0.25) is 9.69 Å². The molecule has 6 nitrogen and oxygen atoms in total. The van der Waals surface area contributed by atoms with E-state index >= 15 is 0 Å². The predicted molar refractivity (Wildman–Crippen MR) is 129 cm³/mol. The summed E-state index contributed by atoms with van der Waals surface area (Å²) in [5, 5.41) is 5.45. The monoisotopic (exact) mass is 450 g/mol. The lowest BCUT2D eigenvalue weighted by atomic mass is 10.1. The van der Waals surface area contributed by atoms with Gasteiger partial charge in [-0.15, -0.1) is 0 Å². The summed E-state index contributed by atoms with van der Waals surface area (Å²) in [6, 6.07) is 14.2. The summed E-state index contributed by atoms with van der Waals surface area (Å²) in [4.78, 5) is 28.1. The van der Waals surface area contributed by atoms with Crippen molar-refractivity contribution in [2.24, 2.45) is 5.92 Å². The van der Waals surface area contributed by atoms with Gasteiger partial charge in [-0.25, -0.2) is 4.79 Å². The van der Waals surface area contributed by atoms with Crippen molar-refractivity contribution in [3.8, 4) is 0 Å². The molecule has 1 aliphatic heterocycles. The van der Waals surface area contributed by atoms with Crippen LogP contribution in [0, 0.1) is 5.92 Å². The van der Waals surface area contributed by atoms with Gasteiger partial charge in [0.15, 0.2) is 0 Å². The van der Waals surface area contributed by atoms with Gasteiger partial charge < -0.3 is 14.8 Å². The Morgan fingerprint density at radius 2 is 2.00 bits per heavy atom. The summed E-state index contributed by atoms with van der Waals surface area (Å²) in [5.74, 6) is -0.347. The van der Waals surface area contributed by atoms with E-state index in [0.717, 1.165) is 18.5 Å². The number of rotatable bonds is 10. The van der Waals surface area contributed by atoms with Crippen molar-refractivity contribution >= 4 is 22.6 Å². The normalized spacial score (nSPS) is 26.8. The lowest BCUT2D eigenvalue weighted by Gasteiger charge is -2.25. The van der Waals surface area contributed by atoms with Crippen LogP contribution in [-0.2, 0) is 25.7 Å². The van der Waals surface area contributed by atoms with E-state index in [1.165, 1.54) is 10.8 Å². The van der Waals surface area contributed by atoms with Crippen molar-refractivity contribution in [3.63, 3.8) is 0 Å². The summed E-state index contributed by atoms with van der Waals surface area (Å²) < 4.78 is 11.6. The Labute approximate surface area is 195 Å². The molecule has 1 saturated heterocycles. The molecule has 4 atom stereocenters. The van der Waals surface area contributed by atoms with Crippen LogP contribution in [0.2, 0.25) is 0 Å². The van der Waals surface area contributed by atoms with Gasteiger partial charge in [0, 0.05) is 6.54 Å². The predicted octanol–water partition coefficient (Wildman–Crippen LogP) is 3.83. The molecule has 2 aromatic rings. The number of nitrogens with zero attached hydrogens (tertiary/aromatic N) is 1. The topological polar surface area (TPSA) is 67.9 Å². The van der Waals surface area contributed by atoms with E-state index < -0.39 is 5.54 Å².